The smallest absolute Gasteiger partial charge is 0.158 e. The highest BCUT2D eigenvalue weighted by Crippen LogP contribution is 2.37. The van der Waals surface area contributed by atoms with Crippen molar-refractivity contribution in [3.8, 4) is 22.6 Å². The molecule has 2 aromatic heterocycles. The summed E-state index contributed by atoms with van der Waals surface area (Å²) >= 11 is 1.56. The topological polar surface area (TPSA) is 85.7 Å². The number of rotatable bonds is 9. The third-order valence-corrected chi connectivity index (χ3v) is 5.97. The number of aliphatic hydroxyl groups excluding tert-OH is 1. The number of nitrogens with one attached hydrogen (secondary N) is 1. The van der Waals surface area contributed by atoms with Gasteiger partial charge in [-0.3, -0.25) is 0 Å². The van der Waals surface area contributed by atoms with Gasteiger partial charge in [0.05, 0.1) is 25.7 Å². The molecule has 0 bridgehead atoms. The first-order valence-corrected chi connectivity index (χ1v) is 11.0. The number of methoxy groups -OCH3 is 3. The minimum Gasteiger partial charge on any atom is -0.497 e. The Morgan fingerprint density at radius 3 is 2.56 bits per heavy atom. The van der Waals surface area contributed by atoms with Crippen LogP contribution in [0.5, 0.6) is 11.5 Å². The predicted molar refractivity (Wildman–Crippen MR) is 127 cm³/mol. The molecule has 0 aliphatic carbocycles. The van der Waals surface area contributed by atoms with Crippen LogP contribution in [0.25, 0.3) is 21.3 Å². The molecule has 0 radical (unpaired) electrons. The first-order valence-electron chi connectivity index (χ1n) is 10.1. The summed E-state index contributed by atoms with van der Waals surface area (Å²) in [5.41, 5.74) is 2.76. The molecule has 166 valence electrons. The van der Waals surface area contributed by atoms with Gasteiger partial charge in [0.2, 0.25) is 0 Å². The molecule has 2 N–H and O–H groups in total. The van der Waals surface area contributed by atoms with E-state index in [4.69, 9.17) is 14.2 Å². The van der Waals surface area contributed by atoms with Crippen molar-refractivity contribution < 1.29 is 19.3 Å². The average Bonchev–Trinajstić information content (AvgIpc) is 3.27. The second-order valence-corrected chi connectivity index (χ2v) is 7.98. The number of anilines is 1. The van der Waals surface area contributed by atoms with Crippen molar-refractivity contribution in [1.82, 2.24) is 9.97 Å². The van der Waals surface area contributed by atoms with Crippen molar-refractivity contribution in [2.24, 2.45) is 0 Å². The van der Waals surface area contributed by atoms with E-state index >= 15 is 0 Å². The fraction of sp³-hybridized carbons (Fsp3) is 0.250. The summed E-state index contributed by atoms with van der Waals surface area (Å²) in [4.78, 5) is 10.2. The second-order valence-electron chi connectivity index (χ2n) is 7.12. The van der Waals surface area contributed by atoms with Gasteiger partial charge in [0.1, 0.15) is 28.8 Å². The Kier molecular flexibility index (Phi) is 6.84. The number of fused-ring (bicyclic) bond motifs is 1. The van der Waals surface area contributed by atoms with E-state index in [1.54, 1.807) is 50.9 Å². The molecule has 0 spiro atoms. The third kappa shape index (κ3) is 4.52. The molecular formula is C24H25N3O4S. The number of nitrogens with zero attached hydrogens (tertiary/aromatic N) is 2. The highest BCUT2D eigenvalue weighted by atomic mass is 32.1. The van der Waals surface area contributed by atoms with Gasteiger partial charge in [-0.25, -0.2) is 9.97 Å². The van der Waals surface area contributed by atoms with Gasteiger partial charge in [-0.15, -0.1) is 11.3 Å². The number of hydrogen-bond donors (Lipinski definition) is 2. The molecule has 4 aromatic rings. The Labute approximate surface area is 190 Å². The predicted octanol–water partition coefficient (Wildman–Crippen LogP) is 4.67. The summed E-state index contributed by atoms with van der Waals surface area (Å²) in [5, 5.41) is 17.3. The quantitative estimate of drug-likeness (QED) is 0.383. The molecule has 4 rings (SSSR count). The fourth-order valence-electron chi connectivity index (χ4n) is 3.54. The molecule has 0 aliphatic rings. The lowest BCUT2D eigenvalue weighted by molar-refractivity contribution is 0.178. The zero-order chi connectivity index (χ0) is 22.5. The highest BCUT2D eigenvalue weighted by Gasteiger charge is 2.19. The number of thiophene rings is 1. The first-order chi connectivity index (χ1) is 15.6. The van der Waals surface area contributed by atoms with Gasteiger partial charge in [0.15, 0.2) is 5.82 Å². The van der Waals surface area contributed by atoms with Crippen molar-refractivity contribution in [3.63, 3.8) is 0 Å². The molecular weight excluding hydrogens is 426 g/mol. The summed E-state index contributed by atoms with van der Waals surface area (Å²) in [6.07, 6.45) is -0.838. The van der Waals surface area contributed by atoms with Gasteiger partial charge in [0.25, 0.3) is 0 Å². The van der Waals surface area contributed by atoms with Gasteiger partial charge in [-0.05, 0) is 23.8 Å². The molecule has 0 aliphatic heterocycles. The Hall–Kier alpha value is -3.20. The van der Waals surface area contributed by atoms with E-state index in [1.165, 1.54) is 0 Å². The maximum absolute atomic E-state index is 10.9. The molecule has 1 atom stereocenters. The van der Waals surface area contributed by atoms with Gasteiger partial charge in [-0.2, -0.15) is 0 Å². The van der Waals surface area contributed by atoms with E-state index in [2.05, 4.69) is 32.8 Å². The first kappa shape index (κ1) is 22.0. The van der Waals surface area contributed by atoms with Crippen molar-refractivity contribution in [2.45, 2.75) is 12.7 Å². The molecule has 7 nitrogen and oxygen atoms in total. The summed E-state index contributed by atoms with van der Waals surface area (Å²) < 4.78 is 16.0. The van der Waals surface area contributed by atoms with Crippen LogP contribution >= 0.6 is 11.3 Å². The largest absolute Gasteiger partial charge is 0.497 e. The summed E-state index contributed by atoms with van der Waals surface area (Å²) in [6, 6.07) is 15.5. The van der Waals surface area contributed by atoms with Crippen LogP contribution in [0.3, 0.4) is 0 Å². The lowest BCUT2D eigenvalue weighted by Crippen LogP contribution is -2.15. The Bertz CT molecular complexity index is 1200. The lowest BCUT2D eigenvalue weighted by Gasteiger charge is -2.17. The van der Waals surface area contributed by atoms with E-state index in [0.717, 1.165) is 21.3 Å². The molecule has 2 heterocycles. The van der Waals surface area contributed by atoms with E-state index in [1.807, 2.05) is 18.2 Å². The summed E-state index contributed by atoms with van der Waals surface area (Å²) in [6.45, 7) is 0.529. The number of aromatic nitrogens is 2. The molecule has 0 saturated heterocycles. The Morgan fingerprint density at radius 2 is 1.84 bits per heavy atom. The van der Waals surface area contributed by atoms with Crippen molar-refractivity contribution >= 4 is 27.4 Å². The maximum atomic E-state index is 10.9. The van der Waals surface area contributed by atoms with Crippen molar-refractivity contribution in [3.05, 3.63) is 65.3 Å². The Balaban J connectivity index is 1.69. The lowest BCUT2D eigenvalue weighted by atomic mass is 10.1. The van der Waals surface area contributed by atoms with Gasteiger partial charge in [0, 0.05) is 30.2 Å². The maximum Gasteiger partial charge on any atom is 0.158 e. The normalized spacial score (nSPS) is 12.0. The zero-order valence-electron chi connectivity index (χ0n) is 18.2. The fourth-order valence-corrected chi connectivity index (χ4v) is 4.51. The molecule has 32 heavy (non-hydrogen) atoms. The Morgan fingerprint density at radius 1 is 1.03 bits per heavy atom. The minimum atomic E-state index is -0.838. The van der Waals surface area contributed by atoms with Crippen LogP contribution in [0.15, 0.2) is 53.9 Å². The third-order valence-electron chi connectivity index (χ3n) is 5.10. The summed E-state index contributed by atoms with van der Waals surface area (Å²) in [7, 11) is 4.78. The summed E-state index contributed by atoms with van der Waals surface area (Å²) in [5.74, 6) is 2.48. The van der Waals surface area contributed by atoms with Crippen molar-refractivity contribution in [1.29, 1.82) is 0 Å². The monoisotopic (exact) mass is 451 g/mol. The van der Waals surface area contributed by atoms with E-state index in [0.29, 0.717) is 35.3 Å². The molecule has 0 fully saturated rings. The van der Waals surface area contributed by atoms with Crippen LogP contribution in [0.4, 0.5) is 5.82 Å². The van der Waals surface area contributed by atoms with Crippen LogP contribution in [-0.4, -0.2) is 42.9 Å². The standard InChI is InChI=1S/C24H25N3O4S/c1-29-13-21-26-23(22-18(14-32-24(22)27-21)15-7-5-4-6-8-15)25-12-19(28)17-11-16(30-2)9-10-20(17)31-3/h4-11,14,19,28H,12-13H2,1-3H3,(H,25,26,27). The van der Waals surface area contributed by atoms with E-state index in [9.17, 15) is 5.11 Å². The zero-order valence-corrected chi connectivity index (χ0v) is 19.0. The van der Waals surface area contributed by atoms with Crippen LogP contribution in [0.2, 0.25) is 0 Å². The average molecular weight is 452 g/mol. The van der Waals surface area contributed by atoms with E-state index < -0.39 is 6.10 Å². The second kappa shape index (κ2) is 9.95. The van der Waals surface area contributed by atoms with E-state index in [-0.39, 0.29) is 6.54 Å². The molecule has 0 saturated carbocycles. The van der Waals surface area contributed by atoms with Gasteiger partial charge >= 0.3 is 0 Å². The number of benzene rings is 2. The number of aliphatic hydroxyl groups is 1. The van der Waals surface area contributed by atoms with Crippen LogP contribution in [0.1, 0.15) is 17.5 Å². The van der Waals surface area contributed by atoms with Crippen LogP contribution in [-0.2, 0) is 11.3 Å². The van der Waals surface area contributed by atoms with Crippen molar-refractivity contribution in [2.75, 3.05) is 33.2 Å². The van der Waals surface area contributed by atoms with Crippen LogP contribution in [0, 0.1) is 0 Å². The highest BCUT2D eigenvalue weighted by molar-refractivity contribution is 7.17. The SMILES string of the molecule is COCc1nc(NCC(O)c2cc(OC)ccc2OC)c2c(-c3ccccc3)csc2n1. The van der Waals surface area contributed by atoms with Crippen LogP contribution < -0.4 is 14.8 Å². The molecule has 0 amide bonds. The molecule has 8 heteroatoms. The number of ether oxygens (including phenoxy) is 3. The number of hydrogen-bond acceptors (Lipinski definition) is 8. The molecule has 1 unspecified atom stereocenters. The van der Waals surface area contributed by atoms with Gasteiger partial charge in [-0.1, -0.05) is 30.3 Å². The van der Waals surface area contributed by atoms with Gasteiger partial charge < -0.3 is 24.6 Å². The molecule has 2 aromatic carbocycles. The minimum absolute atomic E-state index is 0.228.